The van der Waals surface area contributed by atoms with Crippen LogP contribution in [0.15, 0.2) is 0 Å². The quantitative estimate of drug-likeness (QED) is 0.488. The molecule has 0 radical (unpaired) electrons. The first-order valence-corrected chi connectivity index (χ1v) is 12.2. The minimum absolute atomic E-state index is 0.0448. The maximum Gasteiger partial charge on any atom is 0.240 e. The molecule has 3 aromatic rings. The normalized spacial score (nSPS) is 17.9. The van der Waals surface area contributed by atoms with Gasteiger partial charge in [0.1, 0.15) is 28.3 Å². The van der Waals surface area contributed by atoms with Crippen molar-refractivity contribution >= 4 is 56.4 Å². The highest BCUT2D eigenvalue weighted by Gasteiger charge is 2.38. The van der Waals surface area contributed by atoms with E-state index in [4.69, 9.17) is 11.5 Å². The van der Waals surface area contributed by atoms with Gasteiger partial charge >= 0.3 is 0 Å². The molecule has 0 bridgehead atoms. The van der Waals surface area contributed by atoms with E-state index in [9.17, 15) is 15.2 Å². The summed E-state index contributed by atoms with van der Waals surface area (Å²) in [7, 11) is 0. The van der Waals surface area contributed by atoms with Gasteiger partial charge in [-0.1, -0.05) is 24.7 Å². The molecule has 0 aromatic carbocycles. The second-order valence-electron chi connectivity index (χ2n) is 8.65. The lowest BCUT2D eigenvalue weighted by Gasteiger charge is -2.28. The molecule has 1 saturated heterocycles. The molecule has 12 heteroatoms. The van der Waals surface area contributed by atoms with Crippen molar-refractivity contribution in [3.8, 4) is 6.07 Å². The average Bonchev–Trinajstić information content (AvgIpc) is 3.40. The third-order valence-electron chi connectivity index (χ3n) is 6.32. The summed E-state index contributed by atoms with van der Waals surface area (Å²) in [6, 6.07) is 2.28. The van der Waals surface area contributed by atoms with Gasteiger partial charge in [-0.05, 0) is 19.3 Å². The van der Waals surface area contributed by atoms with Crippen LogP contribution in [-0.2, 0) is 17.6 Å². The molecule has 0 unspecified atom stereocenters. The predicted molar refractivity (Wildman–Crippen MR) is 129 cm³/mol. The summed E-state index contributed by atoms with van der Waals surface area (Å²) in [5.74, 6) is 1.06. The third kappa shape index (κ3) is 3.57. The number of carbonyl (C=O) groups is 1. The number of nitrogens with zero attached hydrogens (tertiary/aromatic N) is 6. The lowest BCUT2D eigenvalue weighted by atomic mass is 9.99. The molecule has 1 fully saturated rings. The molecule has 3 aromatic heterocycles. The number of nitriles is 1. The first kappa shape index (κ1) is 22.2. The summed E-state index contributed by atoms with van der Waals surface area (Å²) in [6.07, 6.45) is 3.88. The van der Waals surface area contributed by atoms with Crippen LogP contribution in [0.4, 0.5) is 28.4 Å². The highest BCUT2D eigenvalue weighted by molar-refractivity contribution is 7.15. The van der Waals surface area contributed by atoms with Gasteiger partial charge < -0.3 is 16.6 Å². The molecule has 6 N–H and O–H groups in total. The number of piperidine rings is 1. The third-order valence-corrected chi connectivity index (χ3v) is 7.29. The van der Waals surface area contributed by atoms with Crippen molar-refractivity contribution in [2.24, 2.45) is 0 Å². The minimum Gasteiger partial charge on any atom is -0.390 e. The number of aliphatic hydroxyl groups is 1. The Morgan fingerprint density at radius 2 is 2.15 bits per heavy atom. The second kappa shape index (κ2) is 8.66. The number of nitrogens with two attached hydrogens (primary N) is 2. The molecule has 34 heavy (non-hydrogen) atoms. The number of rotatable bonds is 5. The van der Waals surface area contributed by atoms with Crippen molar-refractivity contribution in [3.05, 3.63) is 16.1 Å². The van der Waals surface area contributed by atoms with Gasteiger partial charge in [-0.15, -0.1) is 10.2 Å². The Bertz CT molecular complexity index is 1330. The molecule has 2 aliphatic heterocycles. The van der Waals surface area contributed by atoms with Crippen LogP contribution >= 0.6 is 11.3 Å². The predicted octanol–water partition coefficient (Wildman–Crippen LogP) is 1.46. The maximum atomic E-state index is 13.1. The van der Waals surface area contributed by atoms with Crippen LogP contribution in [0.2, 0.25) is 0 Å². The van der Waals surface area contributed by atoms with E-state index in [1.807, 2.05) is 4.90 Å². The molecule has 1 atom stereocenters. The number of hydrogen-bond acceptors (Lipinski definition) is 10. The molecule has 2 aliphatic rings. The molecule has 0 spiro atoms. The van der Waals surface area contributed by atoms with Crippen molar-refractivity contribution in [2.75, 3.05) is 34.4 Å². The van der Waals surface area contributed by atoms with Crippen LogP contribution < -0.4 is 26.3 Å². The summed E-state index contributed by atoms with van der Waals surface area (Å²) >= 11 is 1.36. The summed E-state index contributed by atoms with van der Waals surface area (Å²) in [6.45, 7) is 3.16. The SMILES string of the molecule is CCCCc1nnc(N2C(=O)Cc3c2nc(N)c2c(N)[nH+]c(N4CCC[C@H](O)C4)c(C#N)c32)s1. The van der Waals surface area contributed by atoms with E-state index in [0.29, 0.717) is 58.2 Å². The van der Waals surface area contributed by atoms with E-state index >= 15 is 0 Å². The number of aryl methyl sites for hydroxylation is 1. The molecular formula is C22H26N9O2S+. The number of H-pyrrole nitrogens is 1. The zero-order valence-electron chi connectivity index (χ0n) is 18.8. The zero-order valence-corrected chi connectivity index (χ0v) is 19.7. The van der Waals surface area contributed by atoms with Crippen LogP contribution in [0.1, 0.15) is 48.7 Å². The van der Waals surface area contributed by atoms with Crippen LogP contribution in [0, 0.1) is 11.3 Å². The fourth-order valence-corrected chi connectivity index (χ4v) is 5.61. The van der Waals surface area contributed by atoms with E-state index in [0.717, 1.165) is 30.7 Å². The first-order valence-electron chi connectivity index (χ1n) is 11.4. The van der Waals surface area contributed by atoms with Gasteiger partial charge in [-0.3, -0.25) is 9.69 Å². The maximum absolute atomic E-state index is 13.1. The molecule has 0 aliphatic carbocycles. The summed E-state index contributed by atoms with van der Waals surface area (Å²) < 4.78 is 0. The lowest BCUT2D eigenvalue weighted by molar-refractivity contribution is -0.345. The topological polar surface area (TPSA) is 172 Å². The Balaban J connectivity index is 1.68. The van der Waals surface area contributed by atoms with Crippen molar-refractivity contribution in [2.45, 2.75) is 51.6 Å². The number of pyridine rings is 2. The number of aromatic amines is 1. The van der Waals surface area contributed by atoms with Gasteiger partial charge in [0, 0.05) is 17.4 Å². The summed E-state index contributed by atoms with van der Waals surface area (Å²) in [5, 5.41) is 31.0. The summed E-state index contributed by atoms with van der Waals surface area (Å²) in [5.41, 5.74) is 13.6. The molecule has 0 saturated carbocycles. The fraction of sp³-hybridized carbons (Fsp3) is 0.455. The fourth-order valence-electron chi connectivity index (χ4n) is 4.71. The molecule has 5 heterocycles. The molecule has 5 rings (SSSR count). The average molecular weight is 481 g/mol. The standard InChI is InChI=1S/C22H25N9O2S/c1-2-3-6-14-28-29-22(34-14)31-15(33)8-12-16-13(9-23)20(30-7-4-5-11(32)10-30)26-18(24)17(16)19(25)27-21(12)31/h11,32H,2-8,10H2,1H3,(H2,24,26)(H2,25,27)/p+1/t11-/m0/s1. The van der Waals surface area contributed by atoms with Crippen LogP contribution in [0.3, 0.4) is 0 Å². The van der Waals surface area contributed by atoms with Crippen molar-refractivity contribution < 1.29 is 14.9 Å². The van der Waals surface area contributed by atoms with Crippen LogP contribution in [-0.4, -0.2) is 45.4 Å². The number of unbranched alkanes of at least 4 members (excludes halogenated alkanes) is 1. The van der Waals surface area contributed by atoms with E-state index in [2.05, 4.69) is 33.2 Å². The first-order chi connectivity index (χ1) is 16.4. The number of fused-ring (bicyclic) bond motifs is 3. The van der Waals surface area contributed by atoms with Crippen LogP contribution in [0.25, 0.3) is 10.8 Å². The van der Waals surface area contributed by atoms with Gasteiger partial charge in [0.05, 0.1) is 31.0 Å². The Morgan fingerprint density at radius 1 is 1.32 bits per heavy atom. The monoisotopic (exact) mass is 480 g/mol. The molecular weight excluding hydrogens is 454 g/mol. The number of anilines is 5. The number of carbonyl (C=O) groups excluding carboxylic acids is 1. The van der Waals surface area contributed by atoms with E-state index in [1.54, 1.807) is 0 Å². The molecule has 11 nitrogen and oxygen atoms in total. The number of hydrogen-bond donors (Lipinski definition) is 3. The number of aromatic nitrogens is 4. The minimum atomic E-state index is -0.491. The second-order valence-corrected chi connectivity index (χ2v) is 9.69. The van der Waals surface area contributed by atoms with Crippen molar-refractivity contribution in [1.82, 2.24) is 15.2 Å². The largest absolute Gasteiger partial charge is 0.390 e. The Labute approximate surface area is 200 Å². The highest BCUT2D eigenvalue weighted by atomic mass is 32.1. The van der Waals surface area contributed by atoms with Gasteiger partial charge in [0.2, 0.25) is 22.7 Å². The Kier molecular flexibility index (Phi) is 5.66. The van der Waals surface area contributed by atoms with E-state index < -0.39 is 6.10 Å². The summed E-state index contributed by atoms with van der Waals surface area (Å²) in [4.78, 5) is 24.1. The number of aliphatic hydroxyl groups excluding tert-OH is 1. The Hall–Kier alpha value is -3.56. The number of amides is 1. The van der Waals surface area contributed by atoms with E-state index in [1.165, 1.54) is 16.2 Å². The number of nitrogen functional groups attached to an aromatic ring is 2. The van der Waals surface area contributed by atoms with Gasteiger partial charge in [-0.25, -0.2) is 14.9 Å². The number of β-amino-alcohol motifs (C(OH)–C–C–N with tert-alkyl or cyclic N) is 1. The lowest BCUT2D eigenvalue weighted by Crippen LogP contribution is -2.42. The zero-order chi connectivity index (χ0) is 24.0. The van der Waals surface area contributed by atoms with E-state index in [-0.39, 0.29) is 24.0 Å². The van der Waals surface area contributed by atoms with Gasteiger partial charge in [-0.2, -0.15) is 5.26 Å². The molecule has 1 amide bonds. The van der Waals surface area contributed by atoms with Crippen molar-refractivity contribution in [3.63, 3.8) is 0 Å². The number of nitrogens with one attached hydrogen (secondary N) is 1. The van der Waals surface area contributed by atoms with Gasteiger partial charge in [0.25, 0.3) is 0 Å². The van der Waals surface area contributed by atoms with Crippen LogP contribution in [0.5, 0.6) is 0 Å². The molecule has 176 valence electrons. The Morgan fingerprint density at radius 3 is 2.88 bits per heavy atom. The van der Waals surface area contributed by atoms with Gasteiger partial charge in [0.15, 0.2) is 0 Å². The smallest absolute Gasteiger partial charge is 0.240 e. The highest BCUT2D eigenvalue weighted by Crippen LogP contribution is 2.43. The van der Waals surface area contributed by atoms with Crippen molar-refractivity contribution in [1.29, 1.82) is 5.26 Å².